The van der Waals surface area contributed by atoms with Crippen LogP contribution >= 0.6 is 0 Å². The number of fused-ring (bicyclic) bond motifs is 8. The van der Waals surface area contributed by atoms with Crippen LogP contribution in [-0.4, -0.2) is 24.1 Å². The average molecular weight is 766 g/mol. The lowest BCUT2D eigenvalue weighted by Crippen LogP contribution is -2.01. The second-order valence-electron chi connectivity index (χ2n) is 15.3. The number of rotatable bonds is 6. The largest absolute Gasteiger partial charge is 0.309 e. The highest BCUT2D eigenvalue weighted by Crippen LogP contribution is 2.41. The minimum absolute atomic E-state index is 0.629. The SMILES string of the molecule is c1ccc(-c2nc(-c3ccccc3)nc(-c3cccc(-n4c5ccccc5c5cc(-c6ccc7c(c6)c6c8ccccc8ccc6n7-c6ccccc6)ccc54)c3)n2)cc1. The first-order chi connectivity index (χ1) is 29.7. The number of para-hydroxylation sites is 2. The normalized spacial score (nSPS) is 11.7. The van der Waals surface area contributed by atoms with Crippen molar-refractivity contribution in [2.75, 3.05) is 0 Å². The number of hydrogen-bond acceptors (Lipinski definition) is 3. The smallest absolute Gasteiger partial charge is 0.164 e. The van der Waals surface area contributed by atoms with Crippen LogP contribution in [0.25, 0.3) is 111 Å². The van der Waals surface area contributed by atoms with E-state index in [-0.39, 0.29) is 0 Å². The standard InChI is InChI=1S/C55H35N5/c1-4-16-37(17-5-1)53-56-54(38-18-6-2-7-19-38)58-55(57-53)41-20-14-23-43(33-41)60-48-26-13-12-25-45(48)46-34-39(28-30-49(46)60)40-29-31-50-47(35-40)52-44-24-11-10-15-36(44)27-32-51(52)59(50)42-21-8-3-9-22-42/h1-35H. The molecule has 0 amide bonds. The van der Waals surface area contributed by atoms with Gasteiger partial charge in [-0.05, 0) is 82.6 Å². The Bertz CT molecular complexity index is 3530. The summed E-state index contributed by atoms with van der Waals surface area (Å²) >= 11 is 0. The maximum atomic E-state index is 5.03. The lowest BCUT2D eigenvalue weighted by Gasteiger charge is -2.12. The molecule has 12 aromatic rings. The summed E-state index contributed by atoms with van der Waals surface area (Å²) in [6, 6.07) is 75.2. The van der Waals surface area contributed by atoms with Crippen molar-refractivity contribution in [2.45, 2.75) is 0 Å². The summed E-state index contributed by atoms with van der Waals surface area (Å²) < 4.78 is 4.76. The third-order valence-electron chi connectivity index (χ3n) is 11.7. The van der Waals surface area contributed by atoms with E-state index in [1.165, 1.54) is 54.5 Å². The lowest BCUT2D eigenvalue weighted by molar-refractivity contribution is 1.07. The summed E-state index contributed by atoms with van der Waals surface area (Å²) in [5.74, 6) is 1.92. The zero-order chi connectivity index (χ0) is 39.6. The van der Waals surface area contributed by atoms with Gasteiger partial charge in [0.2, 0.25) is 0 Å². The predicted molar refractivity (Wildman–Crippen MR) is 248 cm³/mol. The van der Waals surface area contributed by atoms with Crippen LogP contribution in [0.5, 0.6) is 0 Å². The van der Waals surface area contributed by atoms with Crippen LogP contribution in [0.1, 0.15) is 0 Å². The van der Waals surface area contributed by atoms with Gasteiger partial charge in [0.15, 0.2) is 17.5 Å². The first-order valence-electron chi connectivity index (χ1n) is 20.3. The van der Waals surface area contributed by atoms with Crippen LogP contribution < -0.4 is 0 Å². The van der Waals surface area contributed by atoms with Gasteiger partial charge in [0.25, 0.3) is 0 Å². The Morgan fingerprint density at radius 1 is 0.267 bits per heavy atom. The van der Waals surface area contributed by atoms with Gasteiger partial charge in [0, 0.05) is 49.6 Å². The Morgan fingerprint density at radius 3 is 1.45 bits per heavy atom. The molecule has 0 saturated carbocycles. The van der Waals surface area contributed by atoms with Crippen molar-refractivity contribution in [1.82, 2.24) is 24.1 Å². The molecule has 3 aromatic heterocycles. The van der Waals surface area contributed by atoms with Gasteiger partial charge in [-0.3, -0.25) is 0 Å². The van der Waals surface area contributed by atoms with E-state index in [1.54, 1.807) is 0 Å². The highest BCUT2D eigenvalue weighted by atomic mass is 15.0. The van der Waals surface area contributed by atoms with Crippen molar-refractivity contribution in [1.29, 1.82) is 0 Å². The van der Waals surface area contributed by atoms with Gasteiger partial charge < -0.3 is 9.13 Å². The van der Waals surface area contributed by atoms with Crippen LogP contribution in [0.2, 0.25) is 0 Å². The molecule has 0 aliphatic carbocycles. The molecule has 60 heavy (non-hydrogen) atoms. The quantitative estimate of drug-likeness (QED) is 0.169. The molecular formula is C55H35N5. The molecule has 0 N–H and O–H groups in total. The van der Waals surface area contributed by atoms with Crippen molar-refractivity contribution >= 4 is 54.4 Å². The molecule has 0 radical (unpaired) electrons. The second-order valence-corrected chi connectivity index (χ2v) is 15.3. The van der Waals surface area contributed by atoms with Crippen LogP contribution in [0.15, 0.2) is 212 Å². The van der Waals surface area contributed by atoms with Crippen LogP contribution in [0.3, 0.4) is 0 Å². The van der Waals surface area contributed by atoms with E-state index in [2.05, 4.69) is 161 Å². The van der Waals surface area contributed by atoms with Crippen LogP contribution in [0.4, 0.5) is 0 Å². The van der Waals surface area contributed by atoms with Gasteiger partial charge in [-0.2, -0.15) is 0 Å². The van der Waals surface area contributed by atoms with Crippen molar-refractivity contribution < 1.29 is 0 Å². The number of benzene rings is 9. The van der Waals surface area contributed by atoms with Crippen molar-refractivity contribution in [2.24, 2.45) is 0 Å². The van der Waals surface area contributed by atoms with E-state index in [9.17, 15) is 0 Å². The van der Waals surface area contributed by atoms with E-state index in [4.69, 9.17) is 15.0 Å². The summed E-state index contributed by atoms with van der Waals surface area (Å²) in [6.07, 6.45) is 0. The number of hydrogen-bond donors (Lipinski definition) is 0. The highest BCUT2D eigenvalue weighted by molar-refractivity contribution is 6.22. The Hall–Kier alpha value is -8.15. The van der Waals surface area contributed by atoms with Gasteiger partial charge in [-0.25, -0.2) is 15.0 Å². The molecule has 5 heteroatoms. The predicted octanol–water partition coefficient (Wildman–Crippen LogP) is 13.9. The molecule has 0 spiro atoms. The first kappa shape index (κ1) is 33.9. The summed E-state index contributed by atoms with van der Waals surface area (Å²) in [7, 11) is 0. The van der Waals surface area contributed by atoms with Gasteiger partial charge >= 0.3 is 0 Å². The van der Waals surface area contributed by atoms with E-state index < -0.39 is 0 Å². The van der Waals surface area contributed by atoms with Gasteiger partial charge in [0.05, 0.1) is 22.1 Å². The van der Waals surface area contributed by atoms with Crippen LogP contribution in [0, 0.1) is 0 Å². The number of nitrogens with zero attached hydrogens (tertiary/aromatic N) is 5. The van der Waals surface area contributed by atoms with Gasteiger partial charge in [-0.1, -0.05) is 152 Å². The summed E-state index contributed by atoms with van der Waals surface area (Å²) in [4.78, 5) is 15.0. The molecule has 0 bridgehead atoms. The van der Waals surface area contributed by atoms with E-state index >= 15 is 0 Å². The molecule has 280 valence electrons. The molecule has 3 heterocycles. The maximum Gasteiger partial charge on any atom is 0.164 e. The molecule has 0 fully saturated rings. The zero-order valence-corrected chi connectivity index (χ0v) is 32.4. The average Bonchev–Trinajstić information content (AvgIpc) is 3.85. The fourth-order valence-corrected chi connectivity index (χ4v) is 8.98. The van der Waals surface area contributed by atoms with E-state index in [0.29, 0.717) is 17.5 Å². The van der Waals surface area contributed by atoms with Crippen LogP contribution in [-0.2, 0) is 0 Å². The minimum atomic E-state index is 0.629. The number of aromatic nitrogens is 5. The lowest BCUT2D eigenvalue weighted by atomic mass is 9.99. The highest BCUT2D eigenvalue weighted by Gasteiger charge is 2.19. The first-order valence-corrected chi connectivity index (χ1v) is 20.3. The molecule has 0 saturated heterocycles. The Kier molecular flexibility index (Phi) is 7.78. The molecule has 9 aromatic carbocycles. The molecule has 0 aliphatic heterocycles. The van der Waals surface area contributed by atoms with Gasteiger partial charge in [0.1, 0.15) is 0 Å². The van der Waals surface area contributed by atoms with Crippen molar-refractivity contribution in [3.63, 3.8) is 0 Å². The summed E-state index contributed by atoms with van der Waals surface area (Å²) in [6.45, 7) is 0. The fourth-order valence-electron chi connectivity index (χ4n) is 8.98. The summed E-state index contributed by atoms with van der Waals surface area (Å²) in [5.41, 5.74) is 12.0. The topological polar surface area (TPSA) is 48.5 Å². The van der Waals surface area contributed by atoms with Crippen molar-refractivity contribution in [3.8, 4) is 56.7 Å². The molecule has 0 atom stereocenters. The Morgan fingerprint density at radius 2 is 0.750 bits per heavy atom. The van der Waals surface area contributed by atoms with Gasteiger partial charge in [-0.15, -0.1) is 0 Å². The second kappa shape index (κ2) is 13.8. The Labute approximate surface area is 346 Å². The Balaban J connectivity index is 1.01. The zero-order valence-electron chi connectivity index (χ0n) is 32.4. The third-order valence-corrected chi connectivity index (χ3v) is 11.7. The molecule has 5 nitrogen and oxygen atoms in total. The monoisotopic (exact) mass is 765 g/mol. The van der Waals surface area contributed by atoms with Crippen molar-refractivity contribution in [3.05, 3.63) is 212 Å². The molecular weight excluding hydrogens is 731 g/mol. The third kappa shape index (κ3) is 5.52. The fraction of sp³-hybridized carbons (Fsp3) is 0. The van der Waals surface area contributed by atoms with E-state index in [0.717, 1.165) is 39.1 Å². The summed E-state index contributed by atoms with van der Waals surface area (Å²) in [5, 5.41) is 7.42. The molecule has 0 aliphatic rings. The molecule has 0 unspecified atom stereocenters. The van der Waals surface area contributed by atoms with E-state index in [1.807, 2.05) is 60.7 Å². The minimum Gasteiger partial charge on any atom is -0.309 e. The maximum absolute atomic E-state index is 5.03. The molecule has 12 rings (SSSR count).